The van der Waals surface area contributed by atoms with Gasteiger partial charge in [-0.1, -0.05) is 88.4 Å². The van der Waals surface area contributed by atoms with Gasteiger partial charge in [-0.15, -0.1) is 11.8 Å². The summed E-state index contributed by atoms with van der Waals surface area (Å²) in [6, 6.07) is 20.0. The molecule has 9 heteroatoms. The van der Waals surface area contributed by atoms with Gasteiger partial charge >= 0.3 is 11.9 Å². The van der Waals surface area contributed by atoms with Crippen LogP contribution in [0.3, 0.4) is 0 Å². The number of carbonyl (C=O) groups excluding carboxylic acids is 3. The SMILES string of the molecule is CCOC(=O)[C@@]12S[C@@H](CC1=O)[C@@H](OC(C)=O)[C@@H](CC)O[C@H]2O[Si](c1ccccc1)(c1ccccc1)C(C)(C)C. The van der Waals surface area contributed by atoms with Gasteiger partial charge in [0.1, 0.15) is 6.10 Å². The zero-order chi connectivity index (χ0) is 28.4. The summed E-state index contributed by atoms with van der Waals surface area (Å²) < 4.78 is 23.4. The minimum Gasteiger partial charge on any atom is -0.464 e. The van der Waals surface area contributed by atoms with E-state index >= 15 is 0 Å². The van der Waals surface area contributed by atoms with Crippen LogP contribution < -0.4 is 10.4 Å². The van der Waals surface area contributed by atoms with Crippen molar-refractivity contribution in [1.29, 1.82) is 0 Å². The van der Waals surface area contributed by atoms with Crippen molar-refractivity contribution in [3.05, 3.63) is 60.7 Å². The number of carbonyl (C=O) groups is 3. The Labute approximate surface area is 236 Å². The van der Waals surface area contributed by atoms with Gasteiger partial charge in [-0.05, 0) is 28.8 Å². The van der Waals surface area contributed by atoms with E-state index in [1.807, 2.05) is 67.6 Å². The molecule has 0 aliphatic carbocycles. The lowest BCUT2D eigenvalue weighted by Gasteiger charge is -2.47. The summed E-state index contributed by atoms with van der Waals surface area (Å²) in [6.07, 6.45) is -1.97. The van der Waals surface area contributed by atoms with Crippen molar-refractivity contribution in [3.8, 4) is 0 Å². The predicted molar refractivity (Wildman–Crippen MR) is 154 cm³/mol. The largest absolute Gasteiger partial charge is 0.464 e. The van der Waals surface area contributed by atoms with Gasteiger partial charge < -0.3 is 18.6 Å². The fourth-order valence-corrected chi connectivity index (χ4v) is 12.1. The van der Waals surface area contributed by atoms with Crippen molar-refractivity contribution in [3.63, 3.8) is 0 Å². The van der Waals surface area contributed by atoms with Crippen molar-refractivity contribution in [2.24, 2.45) is 0 Å². The van der Waals surface area contributed by atoms with Gasteiger partial charge in [0, 0.05) is 13.3 Å². The molecule has 2 bridgehead atoms. The lowest BCUT2D eigenvalue weighted by molar-refractivity contribution is -0.197. The first-order chi connectivity index (χ1) is 18.5. The minimum atomic E-state index is -3.25. The maximum atomic E-state index is 13.9. The van der Waals surface area contributed by atoms with E-state index in [-0.39, 0.29) is 18.8 Å². The van der Waals surface area contributed by atoms with Crippen molar-refractivity contribution in [2.75, 3.05) is 6.61 Å². The van der Waals surface area contributed by atoms with E-state index in [0.717, 1.165) is 10.4 Å². The van der Waals surface area contributed by atoms with Crippen LogP contribution in [-0.2, 0) is 33.0 Å². The Bertz CT molecular complexity index is 1140. The quantitative estimate of drug-likeness (QED) is 0.267. The molecule has 39 heavy (non-hydrogen) atoms. The molecule has 0 amide bonds. The first kappa shape index (κ1) is 29.5. The van der Waals surface area contributed by atoms with E-state index in [2.05, 4.69) is 20.8 Å². The van der Waals surface area contributed by atoms with E-state index in [9.17, 15) is 14.4 Å². The number of ketones is 1. The van der Waals surface area contributed by atoms with Crippen molar-refractivity contribution in [2.45, 2.75) is 87.9 Å². The average Bonchev–Trinajstić information content (AvgIpc) is 3.19. The number of Topliss-reactive ketones (excluding diaryl/α,β-unsaturated/α-hetero) is 1. The highest BCUT2D eigenvalue weighted by molar-refractivity contribution is 8.03. The maximum Gasteiger partial charge on any atom is 0.335 e. The fourth-order valence-electron chi connectivity index (χ4n) is 5.75. The number of hydrogen-bond acceptors (Lipinski definition) is 8. The Morgan fingerprint density at radius 3 is 2.05 bits per heavy atom. The second kappa shape index (κ2) is 11.6. The Morgan fingerprint density at radius 1 is 1.03 bits per heavy atom. The molecular weight excluding hydrogens is 532 g/mol. The predicted octanol–water partition coefficient (Wildman–Crippen LogP) is 4.01. The van der Waals surface area contributed by atoms with Gasteiger partial charge in [0.15, 0.2) is 12.1 Å². The summed E-state index contributed by atoms with van der Waals surface area (Å²) in [5, 5.41) is 1.10. The molecule has 0 radical (unpaired) electrons. The molecule has 0 N–H and O–H groups in total. The monoisotopic (exact) mass is 570 g/mol. The van der Waals surface area contributed by atoms with Gasteiger partial charge in [-0.2, -0.15) is 0 Å². The topological polar surface area (TPSA) is 88.1 Å². The van der Waals surface area contributed by atoms with E-state index in [1.54, 1.807) is 6.92 Å². The second-order valence-electron chi connectivity index (χ2n) is 11.0. The molecule has 2 aromatic carbocycles. The van der Waals surface area contributed by atoms with Crippen LogP contribution in [0.15, 0.2) is 60.7 Å². The third kappa shape index (κ3) is 5.22. The summed E-state index contributed by atoms with van der Waals surface area (Å²) in [5.41, 5.74) is 0. The first-order valence-corrected chi connectivity index (χ1v) is 16.3. The number of fused-ring (bicyclic) bond motifs is 2. The van der Waals surface area contributed by atoms with Crippen LogP contribution in [0.1, 0.15) is 54.4 Å². The van der Waals surface area contributed by atoms with Gasteiger partial charge in [0.05, 0.1) is 18.0 Å². The standard InChI is InChI=1S/C30H38O7SSi/c1-7-23-26(35-20(3)31)24-19-25(32)30(38-24,27(33)34-8-2)28(36-23)37-39(29(4,5)6,21-15-11-9-12-16-21)22-17-13-10-14-18-22/h9-18,23-24,26,28H,7-8,19H2,1-6H3/t23-,24+,26+,28+,30+/m1/s1. The van der Waals surface area contributed by atoms with Crippen molar-refractivity contribution >= 4 is 48.2 Å². The zero-order valence-corrected chi connectivity index (χ0v) is 25.3. The number of hydrogen-bond donors (Lipinski definition) is 0. The summed E-state index contributed by atoms with van der Waals surface area (Å²) in [7, 11) is -3.25. The molecule has 0 unspecified atom stereocenters. The lowest BCUT2D eigenvalue weighted by atomic mass is 9.93. The summed E-state index contributed by atoms with van der Waals surface area (Å²) >= 11 is 1.17. The number of thioether (sulfide) groups is 1. The Hall–Kier alpha value is -2.46. The molecule has 0 aromatic heterocycles. The van der Waals surface area contributed by atoms with Crippen molar-refractivity contribution < 1.29 is 33.0 Å². The third-order valence-electron chi connectivity index (χ3n) is 7.48. The second-order valence-corrected chi connectivity index (χ2v) is 16.7. The average molecular weight is 571 g/mol. The van der Waals surface area contributed by atoms with Gasteiger partial charge in [-0.3, -0.25) is 9.59 Å². The molecule has 210 valence electrons. The Balaban J connectivity index is 1.96. The van der Waals surface area contributed by atoms with Crippen LogP contribution in [-0.4, -0.2) is 61.1 Å². The Kier molecular flexibility index (Phi) is 8.75. The highest BCUT2D eigenvalue weighted by atomic mass is 32.2. The van der Waals surface area contributed by atoms with Crippen LogP contribution in [0.5, 0.6) is 0 Å². The molecule has 2 heterocycles. The first-order valence-electron chi connectivity index (χ1n) is 13.5. The number of ether oxygens (including phenoxy) is 3. The minimum absolute atomic E-state index is 0.0574. The molecule has 2 fully saturated rings. The molecule has 2 saturated heterocycles. The van der Waals surface area contributed by atoms with E-state index in [1.165, 1.54) is 18.7 Å². The molecule has 5 atom stereocenters. The smallest absolute Gasteiger partial charge is 0.335 e. The summed E-state index contributed by atoms with van der Waals surface area (Å²) in [4.78, 5) is 39.7. The van der Waals surface area contributed by atoms with E-state index in [0.29, 0.717) is 6.42 Å². The van der Waals surface area contributed by atoms with Gasteiger partial charge in [0.25, 0.3) is 8.32 Å². The molecule has 0 spiro atoms. The molecule has 2 aromatic rings. The van der Waals surface area contributed by atoms with E-state index in [4.69, 9.17) is 18.6 Å². The van der Waals surface area contributed by atoms with Gasteiger partial charge in [0.2, 0.25) is 4.75 Å². The lowest BCUT2D eigenvalue weighted by Crippen LogP contribution is -2.71. The normalized spacial score (nSPS) is 27.1. The fraction of sp³-hybridized carbons (Fsp3) is 0.500. The van der Waals surface area contributed by atoms with Crippen LogP contribution >= 0.6 is 11.8 Å². The molecule has 4 rings (SSSR count). The Morgan fingerprint density at radius 2 is 1.59 bits per heavy atom. The highest BCUT2D eigenvalue weighted by Crippen LogP contribution is 2.52. The molecule has 2 aliphatic rings. The molecular formula is C30H38O7SSi. The van der Waals surface area contributed by atoms with Crippen LogP contribution in [0.25, 0.3) is 0 Å². The van der Waals surface area contributed by atoms with Gasteiger partial charge in [-0.25, -0.2) is 4.79 Å². The number of esters is 2. The number of rotatable bonds is 8. The molecule has 7 nitrogen and oxygen atoms in total. The van der Waals surface area contributed by atoms with Crippen LogP contribution in [0, 0.1) is 0 Å². The summed E-state index contributed by atoms with van der Waals surface area (Å²) in [6.45, 7) is 11.5. The van der Waals surface area contributed by atoms with Crippen LogP contribution in [0.2, 0.25) is 5.04 Å². The molecule has 2 aliphatic heterocycles. The third-order valence-corrected chi connectivity index (χ3v) is 14.2. The summed E-state index contributed by atoms with van der Waals surface area (Å²) in [5.74, 6) is -1.47. The maximum absolute atomic E-state index is 13.9. The van der Waals surface area contributed by atoms with Crippen molar-refractivity contribution in [1.82, 2.24) is 0 Å². The number of benzene rings is 2. The highest BCUT2D eigenvalue weighted by Gasteiger charge is 2.68. The molecule has 0 saturated carbocycles. The van der Waals surface area contributed by atoms with Crippen LogP contribution in [0.4, 0.5) is 0 Å². The zero-order valence-electron chi connectivity index (χ0n) is 23.5. The van der Waals surface area contributed by atoms with E-state index < -0.39 is 53.8 Å².